The monoisotopic (exact) mass is 460 g/mol. The van der Waals surface area contributed by atoms with Crippen LogP contribution in [-0.2, 0) is 14.3 Å². The second kappa shape index (κ2) is 17.3. The van der Waals surface area contributed by atoms with Crippen LogP contribution in [0.2, 0.25) is 0 Å². The predicted octanol–water partition coefficient (Wildman–Crippen LogP) is 7.46. The van der Waals surface area contributed by atoms with Gasteiger partial charge in [-0.05, 0) is 31.4 Å². The van der Waals surface area contributed by atoms with Crippen molar-refractivity contribution >= 4 is 18.2 Å². The Hall–Kier alpha value is -2.17. The summed E-state index contributed by atoms with van der Waals surface area (Å²) in [4.78, 5) is 36.9. The first kappa shape index (κ1) is 28.9. The molecule has 0 amide bonds. The third-order valence-electron chi connectivity index (χ3n) is 6.47. The molecule has 0 spiro atoms. The summed E-state index contributed by atoms with van der Waals surface area (Å²) in [5.74, 6) is -1.04. The predicted molar refractivity (Wildman–Crippen MR) is 133 cm³/mol. The van der Waals surface area contributed by atoms with Crippen LogP contribution < -0.4 is 4.74 Å². The van der Waals surface area contributed by atoms with E-state index in [1.807, 2.05) is 0 Å². The topological polar surface area (TPSA) is 69.7 Å². The van der Waals surface area contributed by atoms with Gasteiger partial charge < -0.3 is 9.47 Å². The highest BCUT2D eigenvalue weighted by atomic mass is 16.6. The molecule has 0 unspecified atom stereocenters. The van der Waals surface area contributed by atoms with Gasteiger partial charge in [-0.25, -0.2) is 0 Å². The molecule has 1 rings (SSSR count). The van der Waals surface area contributed by atoms with Gasteiger partial charge in [-0.15, -0.1) is 0 Å². The maximum atomic E-state index is 12.9. The van der Waals surface area contributed by atoms with Crippen molar-refractivity contribution in [1.82, 2.24) is 0 Å². The Morgan fingerprint density at radius 1 is 0.758 bits per heavy atom. The second-order valence-corrected chi connectivity index (χ2v) is 8.86. The average Bonchev–Trinajstić information content (AvgIpc) is 2.83. The molecule has 1 aromatic rings. The number of para-hydroxylation sites is 1. The fourth-order valence-corrected chi connectivity index (χ4v) is 4.03. The van der Waals surface area contributed by atoms with Gasteiger partial charge in [0.15, 0.2) is 11.7 Å². The van der Waals surface area contributed by atoms with Gasteiger partial charge in [0.25, 0.3) is 0 Å². The Labute approximate surface area is 200 Å². The fraction of sp³-hybridized carbons (Fsp3) is 0.679. The molecular formula is C28H44O5. The van der Waals surface area contributed by atoms with Gasteiger partial charge in [0.1, 0.15) is 5.75 Å². The third kappa shape index (κ3) is 10.1. The molecule has 33 heavy (non-hydrogen) atoms. The lowest BCUT2D eigenvalue weighted by Crippen LogP contribution is -2.42. The van der Waals surface area contributed by atoms with Gasteiger partial charge in [-0.2, -0.15) is 0 Å². The van der Waals surface area contributed by atoms with Crippen LogP contribution in [0, 0.1) is 5.41 Å². The van der Waals surface area contributed by atoms with Crippen molar-refractivity contribution in [2.45, 2.75) is 111 Å². The highest BCUT2D eigenvalue weighted by Gasteiger charge is 2.46. The number of carbonyl (C=O) groups is 3. The van der Waals surface area contributed by atoms with Crippen LogP contribution >= 0.6 is 0 Å². The van der Waals surface area contributed by atoms with Crippen molar-refractivity contribution in [2.75, 3.05) is 6.61 Å². The lowest BCUT2D eigenvalue weighted by Gasteiger charge is -2.27. The molecule has 0 atom stereocenters. The number of hydrogen-bond acceptors (Lipinski definition) is 5. The largest absolute Gasteiger partial charge is 0.465 e. The molecule has 0 saturated heterocycles. The highest BCUT2D eigenvalue weighted by Crippen LogP contribution is 2.31. The molecule has 1 aromatic carbocycles. The number of carbonyl (C=O) groups excluding carboxylic acids is 3. The minimum absolute atomic E-state index is 0.164. The summed E-state index contributed by atoms with van der Waals surface area (Å²) in [5.41, 5.74) is -1.08. The minimum Gasteiger partial charge on any atom is -0.465 e. The van der Waals surface area contributed by atoms with Crippen LogP contribution in [0.15, 0.2) is 24.3 Å². The molecule has 0 aliphatic heterocycles. The number of hydrogen-bond donors (Lipinski definition) is 0. The normalized spacial score (nSPS) is 11.2. The molecule has 0 saturated carbocycles. The Morgan fingerprint density at radius 2 is 1.27 bits per heavy atom. The molecule has 186 valence electrons. The number of benzene rings is 1. The molecule has 0 radical (unpaired) electrons. The summed E-state index contributed by atoms with van der Waals surface area (Å²) in [6, 6.07) is 6.49. The van der Waals surface area contributed by atoms with Crippen LogP contribution in [0.4, 0.5) is 0 Å². The van der Waals surface area contributed by atoms with Crippen LogP contribution in [0.3, 0.4) is 0 Å². The Balaban J connectivity index is 2.33. The second-order valence-electron chi connectivity index (χ2n) is 8.86. The number of unbranched alkanes of at least 4 members (excludes halogenated alkanes) is 11. The van der Waals surface area contributed by atoms with Crippen LogP contribution in [0.5, 0.6) is 5.75 Å². The van der Waals surface area contributed by atoms with E-state index in [1.54, 1.807) is 38.1 Å². The van der Waals surface area contributed by atoms with Gasteiger partial charge in [0, 0.05) is 0 Å². The van der Waals surface area contributed by atoms with Crippen molar-refractivity contribution in [3.63, 3.8) is 0 Å². The first-order valence-corrected chi connectivity index (χ1v) is 13.0. The van der Waals surface area contributed by atoms with E-state index < -0.39 is 17.4 Å². The molecule has 0 N–H and O–H groups in total. The number of rotatable bonds is 19. The summed E-state index contributed by atoms with van der Waals surface area (Å²) in [6.07, 6.45) is 16.1. The SMILES string of the molecule is CCCCCCCCCCCCCCOC(=O)C(CC)(CC)C(=O)Oc1ccccc1C=O. The molecule has 0 aliphatic rings. The molecule has 0 fully saturated rings. The van der Waals surface area contributed by atoms with E-state index in [9.17, 15) is 14.4 Å². The highest BCUT2D eigenvalue weighted by molar-refractivity contribution is 6.01. The number of ether oxygens (including phenoxy) is 2. The van der Waals surface area contributed by atoms with Gasteiger partial charge in [-0.3, -0.25) is 14.4 Å². The molecule has 0 heterocycles. The molecule has 0 aromatic heterocycles. The fourth-order valence-electron chi connectivity index (χ4n) is 4.03. The summed E-state index contributed by atoms with van der Waals surface area (Å²) in [7, 11) is 0. The van der Waals surface area contributed by atoms with Crippen molar-refractivity contribution < 1.29 is 23.9 Å². The standard InChI is InChI=1S/C28H44O5/c1-4-7-8-9-10-11-12-13-14-15-16-19-22-32-26(30)28(5-2,6-3)27(31)33-25-21-18-17-20-24(25)23-29/h17-18,20-21,23H,4-16,19,22H2,1-3H3. The third-order valence-corrected chi connectivity index (χ3v) is 6.47. The van der Waals surface area contributed by atoms with Gasteiger partial charge in [-0.1, -0.05) is 104 Å². The summed E-state index contributed by atoms with van der Waals surface area (Å²) in [6.45, 7) is 6.12. The molecular weight excluding hydrogens is 416 g/mol. The van der Waals surface area contributed by atoms with E-state index >= 15 is 0 Å². The van der Waals surface area contributed by atoms with Crippen LogP contribution in [-0.4, -0.2) is 24.8 Å². The Morgan fingerprint density at radius 3 is 1.79 bits per heavy atom. The quantitative estimate of drug-likeness (QED) is 0.0704. The van der Waals surface area contributed by atoms with E-state index in [1.165, 1.54) is 57.8 Å². The van der Waals surface area contributed by atoms with E-state index in [0.29, 0.717) is 12.9 Å². The maximum Gasteiger partial charge on any atom is 0.328 e. The van der Waals surface area contributed by atoms with Crippen molar-refractivity contribution in [2.24, 2.45) is 5.41 Å². The Bertz CT molecular complexity index is 693. The van der Waals surface area contributed by atoms with Gasteiger partial charge in [0.2, 0.25) is 0 Å². The summed E-state index contributed by atoms with van der Waals surface area (Å²) in [5, 5.41) is 0. The maximum absolute atomic E-state index is 12.9. The van der Waals surface area contributed by atoms with Crippen molar-refractivity contribution in [3.05, 3.63) is 29.8 Å². The lowest BCUT2D eigenvalue weighted by atomic mass is 9.82. The van der Waals surface area contributed by atoms with E-state index in [4.69, 9.17) is 9.47 Å². The molecule has 0 bridgehead atoms. The van der Waals surface area contributed by atoms with Crippen LogP contribution in [0.25, 0.3) is 0 Å². The molecule has 0 aliphatic carbocycles. The lowest BCUT2D eigenvalue weighted by molar-refractivity contribution is -0.168. The van der Waals surface area contributed by atoms with Gasteiger partial charge in [0.05, 0.1) is 12.2 Å². The minimum atomic E-state index is -1.35. The Kier molecular flexibility index (Phi) is 15.2. The van der Waals surface area contributed by atoms with Gasteiger partial charge >= 0.3 is 11.9 Å². The summed E-state index contributed by atoms with van der Waals surface area (Å²) < 4.78 is 10.9. The zero-order valence-corrected chi connectivity index (χ0v) is 21.0. The van der Waals surface area contributed by atoms with E-state index in [0.717, 1.165) is 19.3 Å². The van der Waals surface area contributed by atoms with Crippen LogP contribution in [0.1, 0.15) is 121 Å². The zero-order valence-electron chi connectivity index (χ0n) is 21.0. The first-order chi connectivity index (χ1) is 16.1. The van der Waals surface area contributed by atoms with Crippen molar-refractivity contribution in [1.29, 1.82) is 0 Å². The average molecular weight is 461 g/mol. The molecule has 5 nitrogen and oxygen atoms in total. The number of esters is 2. The summed E-state index contributed by atoms with van der Waals surface area (Å²) >= 11 is 0. The first-order valence-electron chi connectivity index (χ1n) is 13.0. The van der Waals surface area contributed by atoms with Crippen molar-refractivity contribution in [3.8, 4) is 5.75 Å². The smallest absolute Gasteiger partial charge is 0.328 e. The van der Waals surface area contributed by atoms with E-state index in [-0.39, 0.29) is 24.2 Å². The zero-order chi connectivity index (χ0) is 24.4. The molecule has 5 heteroatoms. The van der Waals surface area contributed by atoms with E-state index in [2.05, 4.69) is 6.92 Å². The number of aldehydes is 1.